The molecule has 15 heteroatoms. The fraction of sp³-hybridized carbons (Fsp3) is 0.417. The van der Waals surface area contributed by atoms with Gasteiger partial charge in [0.15, 0.2) is 11.6 Å². The van der Waals surface area contributed by atoms with E-state index >= 15 is 0 Å². The van der Waals surface area contributed by atoms with Crippen LogP contribution >= 0.6 is 0 Å². The molecule has 0 saturated heterocycles. The van der Waals surface area contributed by atoms with Gasteiger partial charge < -0.3 is 0 Å². The van der Waals surface area contributed by atoms with Gasteiger partial charge in [-0.15, -0.1) is 10.2 Å². The number of halogens is 6. The molecule has 8 nitrogen and oxygen atoms in total. The van der Waals surface area contributed by atoms with Crippen molar-refractivity contribution in [3.8, 4) is 23.0 Å². The number of pyridine rings is 2. The number of hydrogen-bond acceptors (Lipinski definition) is 6. The molecule has 4 aromatic rings. The maximum absolute atomic E-state index is 12.4. The molecule has 4 aromatic heterocycles. The van der Waals surface area contributed by atoms with Crippen LogP contribution in [0.25, 0.3) is 23.0 Å². The van der Waals surface area contributed by atoms with Gasteiger partial charge in [-0.05, 0) is 46.2 Å². The van der Waals surface area contributed by atoms with E-state index in [0.29, 0.717) is 11.4 Å². The number of nitrogens with zero attached hydrogens (tertiary/aromatic N) is 6. The van der Waals surface area contributed by atoms with Gasteiger partial charge in [-0.3, -0.25) is 20.2 Å². The zero-order valence-corrected chi connectivity index (χ0v) is 24.3. The van der Waals surface area contributed by atoms with E-state index in [1.165, 1.54) is 0 Å². The van der Waals surface area contributed by atoms with Crippen LogP contribution in [0.1, 0.15) is 64.3 Å². The van der Waals surface area contributed by atoms with Gasteiger partial charge in [-0.2, -0.15) is 26.3 Å². The summed E-state index contributed by atoms with van der Waals surface area (Å²) in [5, 5.41) is 10.8. The Morgan fingerprint density at radius 3 is 1.18 bits per heavy atom. The van der Waals surface area contributed by atoms with Crippen molar-refractivity contribution < 1.29 is 46.1 Å². The minimum Gasteiger partial charge on any atom is -0.257 e. The van der Waals surface area contributed by atoms with Crippen molar-refractivity contribution >= 4 is 0 Å². The second-order valence-electron chi connectivity index (χ2n) is 10.4. The third-order valence-electron chi connectivity index (χ3n) is 5.22. The van der Waals surface area contributed by atoms with Crippen molar-refractivity contribution in [1.29, 1.82) is 0 Å². The molecule has 0 saturated carbocycles. The van der Waals surface area contributed by atoms with Crippen LogP contribution in [-0.4, -0.2) is 40.3 Å². The van der Waals surface area contributed by atoms with Crippen LogP contribution in [-0.2, 0) is 43.0 Å². The van der Waals surface area contributed by atoms with Crippen molar-refractivity contribution in [2.45, 2.75) is 64.7 Å². The summed E-state index contributed by atoms with van der Waals surface area (Å²) in [5.41, 5.74) is 2.37. The first-order valence-corrected chi connectivity index (χ1v) is 11.3. The van der Waals surface area contributed by atoms with Gasteiger partial charge in [0, 0.05) is 12.4 Å². The van der Waals surface area contributed by atoms with E-state index in [9.17, 15) is 26.3 Å². The van der Waals surface area contributed by atoms with E-state index in [4.69, 9.17) is 0 Å². The number of nitrogens with one attached hydrogen (secondary N) is 2. The largest absolute Gasteiger partial charge is 2.00 e. The topological polar surface area (TPSA) is 109 Å². The Bertz CT molecular complexity index is 1270. The van der Waals surface area contributed by atoms with Crippen LogP contribution in [0.5, 0.6) is 0 Å². The summed E-state index contributed by atoms with van der Waals surface area (Å²) < 4.78 is 74.5. The summed E-state index contributed by atoms with van der Waals surface area (Å²) in [4.78, 5) is 14.9. The van der Waals surface area contributed by atoms with E-state index in [-0.39, 0.29) is 42.3 Å². The molecule has 0 aliphatic rings. The Balaban J connectivity index is 0.000000267. The molecule has 210 valence electrons. The van der Waals surface area contributed by atoms with E-state index in [1.807, 2.05) is 53.7 Å². The van der Waals surface area contributed by atoms with E-state index in [2.05, 4.69) is 40.3 Å². The maximum Gasteiger partial charge on any atom is 2.00 e. The summed E-state index contributed by atoms with van der Waals surface area (Å²) in [6.07, 6.45) is -6.02. The molecule has 0 spiro atoms. The van der Waals surface area contributed by atoms with Gasteiger partial charge >= 0.3 is 32.1 Å². The van der Waals surface area contributed by atoms with Crippen LogP contribution in [0.4, 0.5) is 26.3 Å². The quantitative estimate of drug-likeness (QED) is 0.233. The number of aromatic nitrogens is 8. The molecular formula is C24H26F6N8Os+2. The van der Waals surface area contributed by atoms with E-state index in [1.54, 1.807) is 24.5 Å². The van der Waals surface area contributed by atoms with Gasteiger partial charge in [0.1, 0.15) is 11.4 Å². The summed E-state index contributed by atoms with van der Waals surface area (Å²) in [7, 11) is 0. The molecule has 0 unspecified atom stereocenters. The van der Waals surface area contributed by atoms with Crippen LogP contribution in [0, 0.1) is 0 Å². The van der Waals surface area contributed by atoms with Crippen LogP contribution in [0.3, 0.4) is 0 Å². The molecule has 39 heavy (non-hydrogen) atoms. The van der Waals surface area contributed by atoms with E-state index in [0.717, 1.165) is 11.1 Å². The monoisotopic (exact) mass is 732 g/mol. The van der Waals surface area contributed by atoms with Crippen LogP contribution in [0.2, 0.25) is 0 Å². The zero-order chi connectivity index (χ0) is 28.5. The SMILES string of the molecule is CC(C)(C)c1ccnc(-c2nc(C(F)(F)F)n[nH]2)c1.CC(C)(C)c1ccnc(-c2nc(C(F)(F)F)n[nH]2)c1.[Os+2]. The standard InChI is InChI=1S/2C12H13F3N4.Os/c2*1-11(2,3)7-4-5-16-8(6-7)9-17-10(19-18-9)12(13,14)15;/h2*4-6H,1-3H3,(H,17,18,19);/q;;+2. The molecule has 0 aliphatic heterocycles. The summed E-state index contributed by atoms with van der Waals surface area (Å²) >= 11 is 0. The van der Waals surface area contributed by atoms with E-state index < -0.39 is 24.0 Å². The predicted molar refractivity (Wildman–Crippen MR) is 127 cm³/mol. The van der Waals surface area contributed by atoms with Gasteiger partial charge in [-0.25, -0.2) is 9.97 Å². The predicted octanol–water partition coefficient (Wildman–Crippen LogP) is 6.36. The van der Waals surface area contributed by atoms with Crippen molar-refractivity contribution in [1.82, 2.24) is 40.3 Å². The molecule has 0 bridgehead atoms. The number of aromatic amines is 2. The molecule has 0 amide bonds. The molecule has 0 aromatic carbocycles. The molecule has 2 N–H and O–H groups in total. The van der Waals surface area contributed by atoms with Crippen molar-refractivity contribution in [3.05, 3.63) is 59.4 Å². The molecular weight excluding hydrogens is 705 g/mol. The molecule has 0 fully saturated rings. The summed E-state index contributed by atoms with van der Waals surface area (Å²) in [6, 6.07) is 7.07. The summed E-state index contributed by atoms with van der Waals surface area (Å²) in [6.45, 7) is 12.0. The van der Waals surface area contributed by atoms with Gasteiger partial charge in [-0.1, -0.05) is 41.5 Å². The Kier molecular flexibility index (Phi) is 9.44. The Hall–Kier alpha value is -3.20. The number of rotatable bonds is 2. The fourth-order valence-corrected chi connectivity index (χ4v) is 3.06. The average Bonchev–Trinajstić information content (AvgIpc) is 3.49. The molecule has 4 rings (SSSR count). The smallest absolute Gasteiger partial charge is 0.257 e. The first kappa shape index (κ1) is 32.0. The molecule has 0 atom stereocenters. The first-order chi connectivity index (χ1) is 17.4. The van der Waals surface area contributed by atoms with Crippen LogP contribution in [0.15, 0.2) is 36.7 Å². The minimum absolute atomic E-state index is 0. The number of hydrogen-bond donors (Lipinski definition) is 2. The normalized spacial score (nSPS) is 12.4. The second kappa shape index (κ2) is 11.5. The Morgan fingerprint density at radius 2 is 0.923 bits per heavy atom. The second-order valence-corrected chi connectivity index (χ2v) is 10.4. The van der Waals surface area contributed by atoms with Crippen LogP contribution < -0.4 is 0 Å². The first-order valence-electron chi connectivity index (χ1n) is 11.3. The number of H-pyrrole nitrogens is 2. The van der Waals surface area contributed by atoms with Crippen molar-refractivity contribution in [3.63, 3.8) is 0 Å². The van der Waals surface area contributed by atoms with Gasteiger partial charge in [0.05, 0.1) is 0 Å². The molecule has 0 aliphatic carbocycles. The third-order valence-corrected chi connectivity index (χ3v) is 5.22. The maximum atomic E-state index is 12.4. The Labute approximate surface area is 233 Å². The third kappa shape index (κ3) is 8.39. The Morgan fingerprint density at radius 1 is 0.590 bits per heavy atom. The van der Waals surface area contributed by atoms with Crippen molar-refractivity contribution in [2.24, 2.45) is 0 Å². The fourth-order valence-electron chi connectivity index (χ4n) is 3.06. The number of alkyl halides is 6. The van der Waals surface area contributed by atoms with Gasteiger partial charge in [0.2, 0.25) is 0 Å². The summed E-state index contributed by atoms with van der Waals surface area (Å²) in [5.74, 6) is -2.35. The molecule has 4 heterocycles. The molecule has 0 radical (unpaired) electrons. The van der Waals surface area contributed by atoms with Gasteiger partial charge in [0.25, 0.3) is 11.6 Å². The minimum atomic E-state index is -4.56. The van der Waals surface area contributed by atoms with Crippen molar-refractivity contribution in [2.75, 3.05) is 0 Å². The zero-order valence-electron chi connectivity index (χ0n) is 21.8. The average molecular weight is 731 g/mol.